The van der Waals surface area contributed by atoms with E-state index in [4.69, 9.17) is 4.74 Å². The second-order valence-electron chi connectivity index (χ2n) is 7.85. The van der Waals surface area contributed by atoms with Crippen molar-refractivity contribution in [2.75, 3.05) is 25.5 Å². The van der Waals surface area contributed by atoms with E-state index in [-0.39, 0.29) is 11.7 Å². The number of anilines is 2. The van der Waals surface area contributed by atoms with Crippen LogP contribution in [0.1, 0.15) is 22.3 Å². The Labute approximate surface area is 190 Å². The SMILES string of the molecule is COc1ccccc1Nc1ncccc1C(=O)N1CC=C(c2c[nH]c3cc(F)ccc23)CC1. The fraction of sp³-hybridized carbons (Fsp3) is 0.154. The molecule has 0 aliphatic carbocycles. The molecule has 0 fully saturated rings. The third-order valence-electron chi connectivity index (χ3n) is 5.88. The number of benzene rings is 2. The largest absolute Gasteiger partial charge is 0.495 e. The van der Waals surface area contributed by atoms with Crippen molar-refractivity contribution in [3.63, 3.8) is 0 Å². The van der Waals surface area contributed by atoms with Gasteiger partial charge in [-0.3, -0.25) is 4.79 Å². The van der Waals surface area contributed by atoms with E-state index in [1.807, 2.05) is 35.4 Å². The molecule has 0 radical (unpaired) electrons. The number of hydrogen-bond donors (Lipinski definition) is 2. The highest BCUT2D eigenvalue weighted by Gasteiger charge is 2.23. The first-order valence-corrected chi connectivity index (χ1v) is 10.7. The Balaban J connectivity index is 1.36. The molecule has 3 heterocycles. The Morgan fingerprint density at radius 3 is 2.88 bits per heavy atom. The fourth-order valence-corrected chi connectivity index (χ4v) is 4.19. The first kappa shape index (κ1) is 20.8. The summed E-state index contributed by atoms with van der Waals surface area (Å²) in [5.41, 5.74) is 4.21. The van der Waals surface area contributed by atoms with Crippen LogP contribution >= 0.6 is 0 Å². The Bertz CT molecular complexity index is 1360. The molecule has 5 rings (SSSR count). The quantitative estimate of drug-likeness (QED) is 0.435. The first-order valence-electron chi connectivity index (χ1n) is 10.7. The zero-order valence-corrected chi connectivity index (χ0v) is 18.1. The highest BCUT2D eigenvalue weighted by molar-refractivity contribution is 6.00. The number of ether oxygens (including phenoxy) is 1. The topological polar surface area (TPSA) is 70.2 Å². The molecule has 2 N–H and O–H groups in total. The van der Waals surface area contributed by atoms with Crippen LogP contribution in [0.15, 0.2) is 73.1 Å². The summed E-state index contributed by atoms with van der Waals surface area (Å²) in [4.78, 5) is 22.7. The van der Waals surface area contributed by atoms with Crippen molar-refractivity contribution < 1.29 is 13.9 Å². The lowest BCUT2D eigenvalue weighted by molar-refractivity contribution is 0.0773. The number of aromatic nitrogens is 2. The smallest absolute Gasteiger partial charge is 0.257 e. The molecule has 0 atom stereocenters. The van der Waals surface area contributed by atoms with Gasteiger partial charge in [-0.25, -0.2) is 9.37 Å². The maximum absolute atomic E-state index is 13.5. The summed E-state index contributed by atoms with van der Waals surface area (Å²) in [5.74, 6) is 0.808. The Hall–Kier alpha value is -4.13. The van der Waals surface area contributed by atoms with Gasteiger partial charge < -0.3 is 19.9 Å². The number of fused-ring (bicyclic) bond motifs is 1. The predicted molar refractivity (Wildman–Crippen MR) is 127 cm³/mol. The number of pyridine rings is 1. The molecule has 4 aromatic rings. The van der Waals surface area contributed by atoms with Crippen LogP contribution in [0.2, 0.25) is 0 Å². The standard InChI is InChI=1S/C26H23FN4O2/c1-33-24-7-3-2-6-22(24)30-25-20(5-4-12-28-25)26(32)31-13-10-17(11-14-31)21-16-29-23-15-18(27)8-9-19(21)23/h2-10,12,15-16,29H,11,13-14H2,1H3,(H,28,30). The molecule has 0 saturated heterocycles. The van der Waals surface area contributed by atoms with Gasteiger partial charge in [0.15, 0.2) is 0 Å². The third kappa shape index (κ3) is 4.05. The molecule has 0 unspecified atom stereocenters. The number of carbonyl (C=O) groups excluding carboxylic acids is 1. The van der Waals surface area contributed by atoms with Crippen LogP contribution in [-0.4, -0.2) is 41.0 Å². The highest BCUT2D eigenvalue weighted by Crippen LogP contribution is 2.31. The minimum atomic E-state index is -0.265. The van der Waals surface area contributed by atoms with Crippen molar-refractivity contribution in [3.05, 3.63) is 90.0 Å². The number of para-hydroxylation sites is 2. The molecule has 2 aromatic heterocycles. The molecule has 1 aliphatic heterocycles. The van der Waals surface area contributed by atoms with Gasteiger partial charge in [-0.05, 0) is 54.5 Å². The number of halogens is 1. The van der Waals surface area contributed by atoms with Crippen molar-refractivity contribution in [3.8, 4) is 5.75 Å². The molecule has 2 aromatic carbocycles. The van der Waals surface area contributed by atoms with Gasteiger partial charge in [0.05, 0.1) is 18.4 Å². The van der Waals surface area contributed by atoms with Crippen molar-refractivity contribution in [1.82, 2.24) is 14.9 Å². The van der Waals surface area contributed by atoms with E-state index in [1.54, 1.807) is 31.5 Å². The number of carbonyl (C=O) groups is 1. The van der Waals surface area contributed by atoms with Crippen LogP contribution in [0, 0.1) is 5.82 Å². The van der Waals surface area contributed by atoms with E-state index in [9.17, 15) is 9.18 Å². The molecule has 0 bridgehead atoms. The van der Waals surface area contributed by atoms with E-state index in [1.165, 1.54) is 12.1 Å². The first-order chi connectivity index (χ1) is 16.1. The highest BCUT2D eigenvalue weighted by atomic mass is 19.1. The van der Waals surface area contributed by atoms with Crippen molar-refractivity contribution in [2.45, 2.75) is 6.42 Å². The van der Waals surface area contributed by atoms with E-state index in [0.29, 0.717) is 36.6 Å². The molecular formula is C26H23FN4O2. The number of methoxy groups -OCH3 is 1. The fourth-order valence-electron chi connectivity index (χ4n) is 4.19. The Morgan fingerprint density at radius 1 is 1.18 bits per heavy atom. The van der Waals surface area contributed by atoms with Crippen LogP contribution < -0.4 is 10.1 Å². The van der Waals surface area contributed by atoms with Crippen molar-refractivity contribution >= 4 is 33.9 Å². The van der Waals surface area contributed by atoms with Gasteiger partial charge in [-0.1, -0.05) is 18.2 Å². The lowest BCUT2D eigenvalue weighted by atomic mass is 9.98. The summed E-state index contributed by atoms with van der Waals surface area (Å²) in [6.07, 6.45) is 6.34. The second kappa shape index (κ2) is 8.78. The summed E-state index contributed by atoms with van der Waals surface area (Å²) in [6.45, 7) is 1.08. The molecule has 1 aliphatic rings. The Morgan fingerprint density at radius 2 is 2.06 bits per heavy atom. The van der Waals surface area contributed by atoms with Crippen molar-refractivity contribution in [2.24, 2.45) is 0 Å². The minimum Gasteiger partial charge on any atom is -0.495 e. The van der Waals surface area contributed by atoms with E-state index in [2.05, 4.69) is 21.4 Å². The average molecular weight is 442 g/mol. The van der Waals surface area contributed by atoms with E-state index < -0.39 is 0 Å². The summed E-state index contributed by atoms with van der Waals surface area (Å²) < 4.78 is 18.9. The van der Waals surface area contributed by atoms with Crippen molar-refractivity contribution in [1.29, 1.82) is 0 Å². The van der Waals surface area contributed by atoms with Gasteiger partial charge >= 0.3 is 0 Å². The number of amides is 1. The number of nitrogens with one attached hydrogen (secondary N) is 2. The lowest BCUT2D eigenvalue weighted by Crippen LogP contribution is -2.35. The number of rotatable bonds is 5. The summed E-state index contributed by atoms with van der Waals surface area (Å²) in [7, 11) is 1.60. The molecular weight excluding hydrogens is 419 g/mol. The number of H-pyrrole nitrogens is 1. The summed E-state index contributed by atoms with van der Waals surface area (Å²) in [6, 6.07) is 15.8. The maximum Gasteiger partial charge on any atom is 0.257 e. The summed E-state index contributed by atoms with van der Waals surface area (Å²) >= 11 is 0. The van der Waals surface area contributed by atoms with Crippen LogP contribution in [0.3, 0.4) is 0 Å². The minimum absolute atomic E-state index is 0.0863. The number of aromatic amines is 1. The zero-order valence-electron chi connectivity index (χ0n) is 18.1. The molecule has 33 heavy (non-hydrogen) atoms. The third-order valence-corrected chi connectivity index (χ3v) is 5.88. The molecule has 6 nitrogen and oxygen atoms in total. The van der Waals surface area contributed by atoms with E-state index in [0.717, 1.165) is 27.7 Å². The zero-order chi connectivity index (χ0) is 22.8. The summed E-state index contributed by atoms with van der Waals surface area (Å²) in [5, 5.41) is 4.22. The van der Waals surface area contributed by atoms with Gasteiger partial charge in [0, 0.05) is 41.9 Å². The maximum atomic E-state index is 13.5. The normalized spacial score (nSPS) is 13.6. The van der Waals surface area contributed by atoms with Crippen LogP contribution in [0.25, 0.3) is 16.5 Å². The monoisotopic (exact) mass is 442 g/mol. The van der Waals surface area contributed by atoms with Crippen LogP contribution in [0.5, 0.6) is 5.75 Å². The number of hydrogen-bond acceptors (Lipinski definition) is 4. The molecule has 0 saturated carbocycles. The number of nitrogens with zero attached hydrogens (tertiary/aromatic N) is 2. The predicted octanol–water partition coefficient (Wildman–Crippen LogP) is 5.38. The molecule has 166 valence electrons. The van der Waals surface area contributed by atoms with Crippen LogP contribution in [0.4, 0.5) is 15.9 Å². The van der Waals surface area contributed by atoms with Gasteiger partial charge in [0.2, 0.25) is 0 Å². The molecule has 7 heteroatoms. The second-order valence-corrected chi connectivity index (χ2v) is 7.85. The van der Waals surface area contributed by atoms with Gasteiger partial charge in [0.1, 0.15) is 17.4 Å². The van der Waals surface area contributed by atoms with Gasteiger partial charge in [0.25, 0.3) is 5.91 Å². The van der Waals surface area contributed by atoms with Gasteiger partial charge in [-0.15, -0.1) is 0 Å². The van der Waals surface area contributed by atoms with Crippen LogP contribution in [-0.2, 0) is 0 Å². The van der Waals surface area contributed by atoms with Gasteiger partial charge in [-0.2, -0.15) is 0 Å². The molecule has 0 spiro atoms. The Kier molecular flexibility index (Phi) is 5.52. The average Bonchev–Trinajstić information content (AvgIpc) is 3.27. The lowest BCUT2D eigenvalue weighted by Gasteiger charge is -2.27. The molecule has 1 amide bonds. The van der Waals surface area contributed by atoms with E-state index >= 15 is 0 Å².